The second kappa shape index (κ2) is 5.85. The van der Waals surface area contributed by atoms with Gasteiger partial charge >= 0.3 is 12.6 Å². The first-order chi connectivity index (χ1) is 8.45. The van der Waals surface area contributed by atoms with E-state index >= 15 is 0 Å². The molecular formula is C11H7F3O4. The molecule has 0 aliphatic rings. The Morgan fingerprint density at radius 2 is 1.94 bits per heavy atom. The minimum Gasteiger partial charge on any atom is -0.478 e. The highest BCUT2D eigenvalue weighted by molar-refractivity contribution is 5.86. The van der Waals surface area contributed by atoms with Crippen molar-refractivity contribution in [1.82, 2.24) is 0 Å². The molecule has 0 unspecified atom stereocenters. The zero-order valence-electron chi connectivity index (χ0n) is 8.77. The molecule has 0 amide bonds. The van der Waals surface area contributed by atoms with Crippen molar-refractivity contribution in [2.24, 2.45) is 0 Å². The summed E-state index contributed by atoms with van der Waals surface area (Å²) < 4.78 is 41.7. The summed E-state index contributed by atoms with van der Waals surface area (Å²) in [6, 6.07) is 2.13. The normalized spacial score (nSPS) is 10.9. The molecule has 0 bridgehead atoms. The molecule has 1 aromatic carbocycles. The molecule has 96 valence electrons. The van der Waals surface area contributed by atoms with Gasteiger partial charge in [-0.15, -0.1) is 0 Å². The minimum absolute atomic E-state index is 0.137. The van der Waals surface area contributed by atoms with Crippen molar-refractivity contribution in [3.05, 3.63) is 35.2 Å². The quantitative estimate of drug-likeness (QED) is 0.652. The van der Waals surface area contributed by atoms with Gasteiger partial charge in [-0.2, -0.15) is 8.78 Å². The number of carboxylic acids is 1. The lowest BCUT2D eigenvalue weighted by Crippen LogP contribution is -2.07. The molecule has 0 radical (unpaired) electrons. The number of aldehydes is 1. The van der Waals surface area contributed by atoms with Gasteiger partial charge in [0.1, 0.15) is 0 Å². The fraction of sp³-hybridized carbons (Fsp3) is 0.0909. The Morgan fingerprint density at radius 3 is 2.44 bits per heavy atom. The average Bonchev–Trinajstić information content (AvgIpc) is 2.29. The van der Waals surface area contributed by atoms with Gasteiger partial charge in [-0.1, -0.05) is 6.07 Å². The molecular weight excluding hydrogens is 253 g/mol. The van der Waals surface area contributed by atoms with E-state index in [1.165, 1.54) is 0 Å². The largest absolute Gasteiger partial charge is 0.478 e. The van der Waals surface area contributed by atoms with Crippen LogP contribution in [0.5, 0.6) is 5.75 Å². The van der Waals surface area contributed by atoms with E-state index in [1.807, 2.05) is 0 Å². The summed E-state index contributed by atoms with van der Waals surface area (Å²) in [5, 5.41) is 8.39. The molecule has 0 fully saturated rings. The molecule has 0 aromatic heterocycles. The van der Waals surface area contributed by atoms with Gasteiger partial charge in [0.25, 0.3) is 0 Å². The summed E-state index contributed by atoms with van der Waals surface area (Å²) in [5.74, 6) is -3.47. The Labute approximate surface area is 99.3 Å². The summed E-state index contributed by atoms with van der Waals surface area (Å²) in [4.78, 5) is 20.7. The summed E-state index contributed by atoms with van der Waals surface area (Å²) in [5.41, 5.74) is -0.668. The third-order valence-electron chi connectivity index (χ3n) is 1.90. The zero-order valence-corrected chi connectivity index (χ0v) is 8.77. The maximum absolute atomic E-state index is 13.5. The fourth-order valence-corrected chi connectivity index (χ4v) is 1.18. The number of carboxylic acid groups (broad SMARTS) is 1. The van der Waals surface area contributed by atoms with Crippen molar-refractivity contribution in [3.8, 4) is 5.75 Å². The lowest BCUT2D eigenvalue weighted by molar-refractivity contribution is -0.131. The SMILES string of the molecule is O=Cc1ccc(/C=C/C(=O)O)c(OC(F)F)c1F. The van der Waals surface area contributed by atoms with Gasteiger partial charge < -0.3 is 9.84 Å². The van der Waals surface area contributed by atoms with Crippen LogP contribution in [0.2, 0.25) is 0 Å². The van der Waals surface area contributed by atoms with Crippen molar-refractivity contribution < 1.29 is 32.6 Å². The third kappa shape index (κ3) is 3.34. The summed E-state index contributed by atoms with van der Waals surface area (Å²) in [6.45, 7) is -3.29. The Kier molecular flexibility index (Phi) is 4.47. The highest BCUT2D eigenvalue weighted by Crippen LogP contribution is 2.28. The number of hydrogen-bond acceptors (Lipinski definition) is 3. The molecule has 0 saturated heterocycles. The Bertz CT molecular complexity index is 497. The standard InChI is InChI=1S/C11H7F3O4/c12-9-7(5-15)2-1-6(3-4-8(16)17)10(9)18-11(13)14/h1-5,11H,(H,16,17)/b4-3+. The van der Waals surface area contributed by atoms with Crippen molar-refractivity contribution in [2.45, 2.75) is 6.61 Å². The van der Waals surface area contributed by atoms with Gasteiger partial charge in [-0.3, -0.25) is 4.79 Å². The van der Waals surface area contributed by atoms with E-state index in [4.69, 9.17) is 5.11 Å². The van der Waals surface area contributed by atoms with Crippen LogP contribution in [0.25, 0.3) is 6.08 Å². The Morgan fingerprint density at radius 1 is 1.33 bits per heavy atom. The van der Waals surface area contributed by atoms with E-state index < -0.39 is 29.7 Å². The molecule has 4 nitrogen and oxygen atoms in total. The minimum atomic E-state index is -3.29. The van der Waals surface area contributed by atoms with Crippen molar-refractivity contribution in [2.75, 3.05) is 0 Å². The smallest absolute Gasteiger partial charge is 0.387 e. The number of halogens is 3. The molecule has 1 N–H and O–H groups in total. The number of carbonyl (C=O) groups excluding carboxylic acids is 1. The van der Waals surface area contributed by atoms with Gasteiger partial charge in [0.05, 0.1) is 5.56 Å². The molecule has 0 saturated carbocycles. The van der Waals surface area contributed by atoms with E-state index in [9.17, 15) is 22.8 Å². The molecule has 1 rings (SSSR count). The average molecular weight is 260 g/mol. The van der Waals surface area contributed by atoms with E-state index in [2.05, 4.69) is 4.74 Å². The van der Waals surface area contributed by atoms with E-state index in [0.29, 0.717) is 6.08 Å². The number of rotatable bonds is 5. The maximum atomic E-state index is 13.5. The van der Waals surface area contributed by atoms with Crippen LogP contribution in [0.15, 0.2) is 18.2 Å². The van der Waals surface area contributed by atoms with Crippen molar-refractivity contribution >= 4 is 18.3 Å². The second-order valence-corrected chi connectivity index (χ2v) is 3.06. The van der Waals surface area contributed by atoms with Gasteiger partial charge in [0.15, 0.2) is 17.9 Å². The summed E-state index contributed by atoms with van der Waals surface area (Å²) in [6.07, 6.45) is 1.66. The molecule has 1 aromatic rings. The third-order valence-corrected chi connectivity index (χ3v) is 1.90. The van der Waals surface area contributed by atoms with Gasteiger partial charge in [0.2, 0.25) is 0 Å². The van der Waals surface area contributed by atoms with Crippen LogP contribution in [-0.4, -0.2) is 24.0 Å². The summed E-state index contributed by atoms with van der Waals surface area (Å²) >= 11 is 0. The number of ether oxygens (including phenoxy) is 1. The summed E-state index contributed by atoms with van der Waals surface area (Å²) in [7, 11) is 0. The lowest BCUT2D eigenvalue weighted by atomic mass is 10.1. The van der Waals surface area contributed by atoms with Crippen LogP contribution in [0.3, 0.4) is 0 Å². The van der Waals surface area contributed by atoms with E-state index in [-0.39, 0.29) is 11.8 Å². The number of aliphatic carboxylic acids is 1. The number of benzene rings is 1. The molecule has 18 heavy (non-hydrogen) atoms. The number of hydrogen-bond donors (Lipinski definition) is 1. The van der Waals surface area contributed by atoms with Crippen LogP contribution in [-0.2, 0) is 4.79 Å². The van der Waals surface area contributed by atoms with Crippen molar-refractivity contribution in [3.63, 3.8) is 0 Å². The monoisotopic (exact) mass is 260 g/mol. The molecule has 0 spiro atoms. The highest BCUT2D eigenvalue weighted by Gasteiger charge is 2.17. The predicted octanol–water partition coefficient (Wildman–Crippen LogP) is 2.34. The number of alkyl halides is 2. The fourth-order valence-electron chi connectivity index (χ4n) is 1.18. The Hall–Kier alpha value is -2.31. The van der Waals surface area contributed by atoms with Crippen molar-refractivity contribution in [1.29, 1.82) is 0 Å². The van der Waals surface area contributed by atoms with Crippen LogP contribution < -0.4 is 4.74 Å². The maximum Gasteiger partial charge on any atom is 0.387 e. The molecule has 0 aliphatic carbocycles. The number of carbonyl (C=O) groups is 2. The highest BCUT2D eigenvalue weighted by atomic mass is 19.3. The van der Waals surface area contributed by atoms with Crippen LogP contribution >= 0.6 is 0 Å². The van der Waals surface area contributed by atoms with Crippen LogP contribution in [0.4, 0.5) is 13.2 Å². The Balaban J connectivity index is 3.28. The first-order valence-electron chi connectivity index (χ1n) is 4.59. The lowest BCUT2D eigenvalue weighted by Gasteiger charge is -2.10. The molecule has 0 atom stereocenters. The first-order valence-corrected chi connectivity index (χ1v) is 4.59. The molecule has 0 heterocycles. The predicted molar refractivity (Wildman–Crippen MR) is 55.1 cm³/mol. The first kappa shape index (κ1) is 13.8. The van der Waals surface area contributed by atoms with E-state index in [1.54, 1.807) is 0 Å². The van der Waals surface area contributed by atoms with Gasteiger partial charge in [-0.25, -0.2) is 9.18 Å². The topological polar surface area (TPSA) is 63.6 Å². The van der Waals surface area contributed by atoms with E-state index in [0.717, 1.165) is 18.2 Å². The molecule has 0 aliphatic heterocycles. The second-order valence-electron chi connectivity index (χ2n) is 3.06. The van der Waals surface area contributed by atoms with Gasteiger partial charge in [-0.05, 0) is 12.1 Å². The van der Waals surface area contributed by atoms with Crippen LogP contribution in [0, 0.1) is 5.82 Å². The molecule has 7 heteroatoms. The van der Waals surface area contributed by atoms with Crippen LogP contribution in [0.1, 0.15) is 15.9 Å². The van der Waals surface area contributed by atoms with Gasteiger partial charge in [0, 0.05) is 11.6 Å². The zero-order chi connectivity index (χ0) is 13.7.